The van der Waals surface area contributed by atoms with Gasteiger partial charge in [-0.3, -0.25) is 14.8 Å². The molecular formula is C27H22F10N4O4S. The summed E-state index contributed by atoms with van der Waals surface area (Å²) in [5.74, 6) is -6.09. The zero-order chi connectivity index (χ0) is 34.2. The number of rotatable bonds is 6. The van der Waals surface area contributed by atoms with Gasteiger partial charge in [0.1, 0.15) is 17.1 Å². The molecule has 3 aromatic rings. The van der Waals surface area contributed by atoms with Crippen LogP contribution in [0.1, 0.15) is 44.0 Å². The van der Waals surface area contributed by atoms with Crippen LogP contribution >= 0.6 is 0 Å². The van der Waals surface area contributed by atoms with Crippen molar-refractivity contribution in [2.24, 2.45) is 0 Å². The molecule has 2 aromatic heterocycles. The van der Waals surface area contributed by atoms with Crippen LogP contribution in [-0.4, -0.2) is 54.4 Å². The van der Waals surface area contributed by atoms with Gasteiger partial charge in [0.15, 0.2) is 16.4 Å². The Morgan fingerprint density at radius 1 is 0.870 bits per heavy atom. The Balaban J connectivity index is 0.000000305. The number of fused-ring (bicyclic) bond motifs is 2. The van der Waals surface area contributed by atoms with Crippen LogP contribution in [0.5, 0.6) is 5.75 Å². The van der Waals surface area contributed by atoms with Crippen molar-refractivity contribution >= 4 is 15.7 Å². The maximum Gasteiger partial charge on any atom is 0.433 e. The van der Waals surface area contributed by atoms with E-state index < -0.39 is 69.8 Å². The first-order chi connectivity index (χ1) is 21.2. The monoisotopic (exact) mass is 688 g/mol. The summed E-state index contributed by atoms with van der Waals surface area (Å²) < 4.78 is 155. The quantitative estimate of drug-likeness (QED) is 0.335. The van der Waals surface area contributed by atoms with Crippen LogP contribution in [0.15, 0.2) is 47.6 Å². The van der Waals surface area contributed by atoms with Gasteiger partial charge in [-0.05, 0) is 52.6 Å². The first kappa shape index (κ1) is 34.9. The molecule has 4 heterocycles. The lowest BCUT2D eigenvalue weighted by Gasteiger charge is -2.20. The van der Waals surface area contributed by atoms with Crippen molar-refractivity contribution in [1.82, 2.24) is 20.2 Å². The van der Waals surface area contributed by atoms with E-state index in [1.54, 1.807) is 0 Å². The van der Waals surface area contributed by atoms with E-state index in [0.717, 1.165) is 53.2 Å². The second kappa shape index (κ2) is 12.7. The molecule has 0 aliphatic carbocycles. The highest BCUT2D eigenvalue weighted by molar-refractivity contribution is 7.90. The number of benzene rings is 1. The number of alkyl halides is 10. The Kier molecular flexibility index (Phi) is 9.59. The number of sulfone groups is 1. The topological polar surface area (TPSA) is 101 Å². The minimum absolute atomic E-state index is 0.136. The first-order valence-corrected chi connectivity index (χ1v) is 14.8. The molecule has 1 N–H and O–H groups in total. The van der Waals surface area contributed by atoms with Gasteiger partial charge in [-0.2, -0.15) is 35.1 Å². The molecule has 0 atom stereocenters. The van der Waals surface area contributed by atoms with Crippen LogP contribution in [-0.2, 0) is 48.4 Å². The zero-order valence-electron chi connectivity index (χ0n) is 23.3. The van der Waals surface area contributed by atoms with Crippen LogP contribution in [0.3, 0.4) is 0 Å². The van der Waals surface area contributed by atoms with Crippen molar-refractivity contribution in [3.63, 3.8) is 0 Å². The average molecular weight is 689 g/mol. The Morgan fingerprint density at radius 2 is 1.41 bits per heavy atom. The second-order valence-electron chi connectivity index (χ2n) is 10.2. The Labute approximate surface area is 254 Å². The lowest BCUT2D eigenvalue weighted by atomic mass is 10.1. The zero-order valence-corrected chi connectivity index (χ0v) is 24.1. The number of hydrogen-bond acceptors (Lipinski definition) is 7. The molecule has 2 aliphatic heterocycles. The SMILES string of the molecule is CS(=O)(=O)c1ccc(OCC(F)(F)C(F)F)c(C(=O)N2Cc3cnc(C(F)(F)F)cc3C2)c1.FC(F)(F)c1cc2c(cn1)CNC2. The molecule has 8 nitrogen and oxygen atoms in total. The van der Waals surface area contributed by atoms with Crippen molar-refractivity contribution in [3.8, 4) is 5.75 Å². The lowest BCUT2D eigenvalue weighted by molar-refractivity contribution is -0.148. The lowest BCUT2D eigenvalue weighted by Crippen LogP contribution is -2.34. The van der Waals surface area contributed by atoms with Gasteiger partial charge in [0, 0.05) is 44.8 Å². The predicted octanol–water partition coefficient (Wildman–Crippen LogP) is 5.64. The highest BCUT2D eigenvalue weighted by atomic mass is 32.2. The molecule has 2 aliphatic rings. The van der Waals surface area contributed by atoms with Crippen LogP contribution in [0.2, 0.25) is 0 Å². The van der Waals surface area contributed by atoms with E-state index >= 15 is 0 Å². The summed E-state index contributed by atoms with van der Waals surface area (Å²) >= 11 is 0. The third kappa shape index (κ3) is 8.04. The number of nitrogens with one attached hydrogen (secondary N) is 1. The number of carbonyl (C=O) groups excluding carboxylic acids is 1. The van der Waals surface area contributed by atoms with Crippen molar-refractivity contribution in [2.75, 3.05) is 12.9 Å². The molecule has 0 bridgehead atoms. The van der Waals surface area contributed by atoms with Crippen molar-refractivity contribution in [3.05, 3.63) is 81.9 Å². The molecule has 1 amide bonds. The van der Waals surface area contributed by atoms with E-state index in [0.29, 0.717) is 24.2 Å². The summed E-state index contributed by atoms with van der Waals surface area (Å²) in [5.41, 5.74) is -0.531. The fraction of sp³-hybridized carbons (Fsp3) is 0.370. The normalized spacial score (nSPS) is 14.9. The smallest absolute Gasteiger partial charge is 0.433 e. The van der Waals surface area contributed by atoms with Crippen LogP contribution in [0.4, 0.5) is 43.9 Å². The maximum atomic E-state index is 13.3. The summed E-state index contributed by atoms with van der Waals surface area (Å²) in [7, 11) is -3.86. The minimum atomic E-state index is -4.72. The fourth-order valence-electron chi connectivity index (χ4n) is 4.36. The third-order valence-electron chi connectivity index (χ3n) is 6.74. The molecule has 0 saturated heterocycles. The number of carbonyl (C=O) groups is 1. The molecule has 0 fully saturated rings. The minimum Gasteiger partial charge on any atom is -0.486 e. The van der Waals surface area contributed by atoms with Gasteiger partial charge in [-0.25, -0.2) is 17.2 Å². The van der Waals surface area contributed by atoms with Crippen molar-refractivity contribution in [2.45, 2.75) is 55.8 Å². The number of nitrogens with zero attached hydrogens (tertiary/aromatic N) is 3. The van der Waals surface area contributed by atoms with E-state index in [9.17, 15) is 57.1 Å². The Hall–Kier alpha value is -4.00. The number of halogens is 10. The highest BCUT2D eigenvalue weighted by Gasteiger charge is 2.42. The summed E-state index contributed by atoms with van der Waals surface area (Å²) in [6.07, 6.45) is -10.0. The van der Waals surface area contributed by atoms with E-state index in [4.69, 9.17) is 4.74 Å². The largest absolute Gasteiger partial charge is 0.486 e. The molecule has 0 unspecified atom stereocenters. The Morgan fingerprint density at radius 3 is 1.98 bits per heavy atom. The van der Waals surface area contributed by atoms with Gasteiger partial charge >= 0.3 is 24.7 Å². The molecule has 0 spiro atoms. The third-order valence-corrected chi connectivity index (χ3v) is 7.85. The number of aromatic nitrogens is 2. The summed E-state index contributed by atoms with van der Waals surface area (Å²) in [4.78, 5) is 20.3. The van der Waals surface area contributed by atoms with E-state index in [2.05, 4.69) is 15.3 Å². The number of amides is 1. The molecule has 0 saturated carbocycles. The Bertz CT molecular complexity index is 1730. The van der Waals surface area contributed by atoms with Gasteiger partial charge < -0.3 is 15.0 Å². The summed E-state index contributed by atoms with van der Waals surface area (Å²) in [6.45, 7) is -1.19. The van der Waals surface area contributed by atoms with Gasteiger partial charge in [0.05, 0.1) is 10.5 Å². The number of hydrogen-bond donors (Lipinski definition) is 1. The van der Waals surface area contributed by atoms with Gasteiger partial charge in [-0.1, -0.05) is 0 Å². The molecule has 1 aromatic carbocycles. The molecule has 46 heavy (non-hydrogen) atoms. The van der Waals surface area contributed by atoms with E-state index in [1.165, 1.54) is 6.20 Å². The van der Waals surface area contributed by atoms with Crippen LogP contribution < -0.4 is 10.1 Å². The van der Waals surface area contributed by atoms with Crippen LogP contribution in [0, 0.1) is 0 Å². The molecule has 0 radical (unpaired) electrons. The molecular weight excluding hydrogens is 666 g/mol. The van der Waals surface area contributed by atoms with Crippen molar-refractivity contribution < 1.29 is 61.9 Å². The van der Waals surface area contributed by atoms with E-state index in [-0.39, 0.29) is 23.5 Å². The summed E-state index contributed by atoms with van der Waals surface area (Å²) in [5, 5.41) is 2.96. The number of pyridine rings is 2. The highest BCUT2D eigenvalue weighted by Crippen LogP contribution is 2.34. The average Bonchev–Trinajstić information content (AvgIpc) is 3.61. The molecule has 5 rings (SSSR count). The van der Waals surface area contributed by atoms with Gasteiger partial charge in [0.2, 0.25) is 0 Å². The molecule has 250 valence electrons. The van der Waals surface area contributed by atoms with Crippen molar-refractivity contribution in [1.29, 1.82) is 0 Å². The standard InChI is InChI=1S/C19H15F7N2O4S.C8H7F3N2/c1-33(30,31)12-2-3-14(32-9-18(22,23)17(20)21)13(5-12)16(29)28-7-10-4-15(19(24,25)26)27-6-11(10)8-28;9-8(10,11)7-1-5-2-12-3-6(5)4-13-7/h2-6,17H,7-9H2,1H3;1,4,12H,2-3H2. The van der Waals surface area contributed by atoms with Crippen LogP contribution in [0.25, 0.3) is 0 Å². The fourth-order valence-corrected chi connectivity index (χ4v) is 5.00. The summed E-state index contributed by atoms with van der Waals surface area (Å²) in [6, 6.07) is 4.51. The first-order valence-electron chi connectivity index (χ1n) is 12.9. The maximum absolute atomic E-state index is 13.3. The van der Waals surface area contributed by atoms with Gasteiger partial charge in [-0.15, -0.1) is 0 Å². The van der Waals surface area contributed by atoms with E-state index in [1.807, 2.05) is 0 Å². The second-order valence-corrected chi connectivity index (χ2v) is 12.2. The van der Waals surface area contributed by atoms with Gasteiger partial charge in [0.25, 0.3) is 5.91 Å². The molecule has 19 heteroatoms. The predicted molar refractivity (Wildman–Crippen MR) is 139 cm³/mol. The number of ether oxygens (including phenoxy) is 1.